The number of hydrogen-bond acceptors (Lipinski definition) is 1. The van der Waals surface area contributed by atoms with Crippen LogP contribution < -0.4 is 0 Å². The van der Waals surface area contributed by atoms with E-state index in [1.54, 1.807) is 0 Å². The van der Waals surface area contributed by atoms with E-state index >= 15 is 0 Å². The number of fused-ring (bicyclic) bond motifs is 3. The molecule has 0 fully saturated rings. The summed E-state index contributed by atoms with van der Waals surface area (Å²) in [4.78, 5) is 4.19. The van der Waals surface area contributed by atoms with Gasteiger partial charge in [0, 0.05) is 17.8 Å². The molecule has 3 rings (SSSR count). The zero-order valence-electron chi connectivity index (χ0n) is 8.57. The molecule has 0 unspecified atom stereocenters. The second-order valence-corrected chi connectivity index (χ2v) is 3.89. The molecule has 0 saturated heterocycles. The van der Waals surface area contributed by atoms with Crippen LogP contribution in [0, 0.1) is 6.92 Å². The Balaban J connectivity index is 2.55. The van der Waals surface area contributed by atoms with Gasteiger partial charge in [-0.15, -0.1) is 0 Å². The Morgan fingerprint density at radius 2 is 1.73 bits per heavy atom. The quantitative estimate of drug-likeness (QED) is 0.496. The van der Waals surface area contributed by atoms with Crippen LogP contribution in [0.2, 0.25) is 0 Å². The van der Waals surface area contributed by atoms with Crippen molar-refractivity contribution in [1.29, 1.82) is 0 Å². The predicted octanol–water partition coefficient (Wildman–Crippen LogP) is 3.70. The van der Waals surface area contributed by atoms with Crippen LogP contribution in [0.1, 0.15) is 5.56 Å². The lowest BCUT2D eigenvalue weighted by atomic mass is 10.0. The highest BCUT2D eigenvalue weighted by molar-refractivity contribution is 6.07. The number of nitrogens with zero attached hydrogens (tertiary/aromatic N) is 1. The third-order valence-electron chi connectivity index (χ3n) is 2.79. The molecule has 0 aliphatic heterocycles. The SMILES string of the molecule is Cc1ccc2c(ccc3ccncc32)c1. The van der Waals surface area contributed by atoms with Gasteiger partial charge in [0.05, 0.1) is 0 Å². The van der Waals surface area contributed by atoms with Crippen molar-refractivity contribution < 1.29 is 0 Å². The molecule has 1 nitrogen and oxygen atoms in total. The summed E-state index contributed by atoms with van der Waals surface area (Å²) in [5.41, 5.74) is 1.30. The van der Waals surface area contributed by atoms with Crippen LogP contribution in [0.5, 0.6) is 0 Å². The molecule has 0 amide bonds. The van der Waals surface area contributed by atoms with Gasteiger partial charge in [0.15, 0.2) is 0 Å². The summed E-state index contributed by atoms with van der Waals surface area (Å²) in [6.45, 7) is 2.12. The van der Waals surface area contributed by atoms with Crippen molar-refractivity contribution in [3.05, 3.63) is 54.4 Å². The molecule has 0 radical (unpaired) electrons. The largest absolute Gasteiger partial charge is 0.264 e. The molecule has 72 valence electrons. The summed E-state index contributed by atoms with van der Waals surface area (Å²) in [5, 5.41) is 5.05. The van der Waals surface area contributed by atoms with Crippen LogP contribution in [-0.2, 0) is 0 Å². The van der Waals surface area contributed by atoms with E-state index in [-0.39, 0.29) is 0 Å². The van der Waals surface area contributed by atoms with E-state index in [0.29, 0.717) is 0 Å². The van der Waals surface area contributed by atoms with Crippen molar-refractivity contribution in [2.45, 2.75) is 6.92 Å². The molecule has 0 bridgehead atoms. The van der Waals surface area contributed by atoms with Gasteiger partial charge in [-0.3, -0.25) is 4.98 Å². The van der Waals surface area contributed by atoms with Crippen LogP contribution in [0.3, 0.4) is 0 Å². The minimum Gasteiger partial charge on any atom is -0.264 e. The highest BCUT2D eigenvalue weighted by Gasteiger charge is 1.99. The van der Waals surface area contributed by atoms with E-state index < -0.39 is 0 Å². The van der Waals surface area contributed by atoms with Crippen molar-refractivity contribution >= 4 is 21.5 Å². The van der Waals surface area contributed by atoms with E-state index in [1.165, 1.54) is 27.1 Å². The second kappa shape index (κ2) is 3.06. The zero-order valence-corrected chi connectivity index (χ0v) is 8.57. The topological polar surface area (TPSA) is 12.9 Å². The molecule has 1 heterocycles. The van der Waals surface area contributed by atoms with Gasteiger partial charge in [-0.1, -0.05) is 35.9 Å². The van der Waals surface area contributed by atoms with Gasteiger partial charge >= 0.3 is 0 Å². The Hall–Kier alpha value is -1.89. The second-order valence-electron chi connectivity index (χ2n) is 3.89. The third-order valence-corrected chi connectivity index (χ3v) is 2.79. The molecular weight excluding hydrogens is 182 g/mol. The fourth-order valence-corrected chi connectivity index (χ4v) is 2.02. The summed E-state index contributed by atoms with van der Waals surface area (Å²) in [5.74, 6) is 0. The molecule has 0 aliphatic carbocycles. The maximum atomic E-state index is 4.19. The fourth-order valence-electron chi connectivity index (χ4n) is 2.02. The lowest BCUT2D eigenvalue weighted by Crippen LogP contribution is -1.80. The van der Waals surface area contributed by atoms with Gasteiger partial charge in [0.2, 0.25) is 0 Å². The van der Waals surface area contributed by atoms with Crippen LogP contribution in [-0.4, -0.2) is 4.98 Å². The van der Waals surface area contributed by atoms with Crippen LogP contribution >= 0.6 is 0 Å². The van der Waals surface area contributed by atoms with Gasteiger partial charge < -0.3 is 0 Å². The maximum Gasteiger partial charge on any atom is 0.0352 e. The van der Waals surface area contributed by atoms with E-state index in [4.69, 9.17) is 0 Å². The predicted molar refractivity (Wildman–Crippen MR) is 64.0 cm³/mol. The first-order valence-electron chi connectivity index (χ1n) is 5.08. The molecule has 0 N–H and O–H groups in total. The third kappa shape index (κ3) is 1.28. The van der Waals surface area contributed by atoms with Gasteiger partial charge in [-0.05, 0) is 29.1 Å². The molecule has 1 aromatic heterocycles. The number of rotatable bonds is 0. The highest BCUT2D eigenvalue weighted by Crippen LogP contribution is 2.24. The van der Waals surface area contributed by atoms with E-state index in [2.05, 4.69) is 48.3 Å². The van der Waals surface area contributed by atoms with E-state index in [0.717, 1.165) is 0 Å². The molecule has 0 atom stereocenters. The highest BCUT2D eigenvalue weighted by atomic mass is 14.6. The fraction of sp³-hybridized carbons (Fsp3) is 0.0714. The summed E-state index contributed by atoms with van der Waals surface area (Å²) in [6.07, 6.45) is 3.77. The molecule has 0 saturated carbocycles. The molecule has 2 aromatic carbocycles. The maximum absolute atomic E-state index is 4.19. The Morgan fingerprint density at radius 3 is 2.67 bits per heavy atom. The molecule has 0 aliphatic rings. The molecular formula is C14H11N. The molecule has 15 heavy (non-hydrogen) atoms. The van der Waals surface area contributed by atoms with Gasteiger partial charge in [-0.2, -0.15) is 0 Å². The monoisotopic (exact) mass is 193 g/mol. The molecule has 3 aromatic rings. The Bertz CT molecular complexity index is 641. The Labute approximate surface area is 88.4 Å². The minimum absolute atomic E-state index is 1.23. The smallest absolute Gasteiger partial charge is 0.0352 e. The molecule has 0 spiro atoms. The van der Waals surface area contributed by atoms with Crippen molar-refractivity contribution in [2.75, 3.05) is 0 Å². The van der Waals surface area contributed by atoms with Crippen molar-refractivity contribution in [3.8, 4) is 0 Å². The Morgan fingerprint density at radius 1 is 0.867 bits per heavy atom. The van der Waals surface area contributed by atoms with Gasteiger partial charge in [0.25, 0.3) is 0 Å². The number of pyridine rings is 1. The lowest BCUT2D eigenvalue weighted by Gasteiger charge is -2.03. The minimum atomic E-state index is 1.23. The zero-order chi connectivity index (χ0) is 10.3. The van der Waals surface area contributed by atoms with Crippen LogP contribution in [0.15, 0.2) is 48.8 Å². The van der Waals surface area contributed by atoms with Crippen LogP contribution in [0.25, 0.3) is 21.5 Å². The van der Waals surface area contributed by atoms with Crippen molar-refractivity contribution in [1.82, 2.24) is 4.98 Å². The number of aryl methyl sites for hydroxylation is 1. The van der Waals surface area contributed by atoms with Gasteiger partial charge in [0.1, 0.15) is 0 Å². The van der Waals surface area contributed by atoms with Crippen LogP contribution in [0.4, 0.5) is 0 Å². The Kier molecular flexibility index (Phi) is 1.72. The average Bonchev–Trinajstić information content (AvgIpc) is 2.28. The summed E-state index contributed by atoms with van der Waals surface area (Å²) in [6, 6.07) is 12.9. The van der Waals surface area contributed by atoms with Crippen molar-refractivity contribution in [2.24, 2.45) is 0 Å². The standard InChI is InChI=1S/C14H11N/c1-10-2-5-13-12(8-10)4-3-11-6-7-15-9-14(11)13/h2-9H,1H3. The first kappa shape index (κ1) is 8.42. The number of hydrogen-bond donors (Lipinski definition) is 0. The van der Waals surface area contributed by atoms with Gasteiger partial charge in [-0.25, -0.2) is 0 Å². The lowest BCUT2D eigenvalue weighted by molar-refractivity contribution is 1.37. The van der Waals surface area contributed by atoms with E-state index in [1.807, 2.05) is 12.4 Å². The normalized spacial score (nSPS) is 11.0. The summed E-state index contributed by atoms with van der Waals surface area (Å²) >= 11 is 0. The summed E-state index contributed by atoms with van der Waals surface area (Å²) in [7, 11) is 0. The first-order valence-corrected chi connectivity index (χ1v) is 5.08. The number of benzene rings is 2. The first-order chi connectivity index (χ1) is 7.34. The van der Waals surface area contributed by atoms with E-state index in [9.17, 15) is 0 Å². The number of aromatic nitrogens is 1. The molecule has 1 heteroatoms. The summed E-state index contributed by atoms with van der Waals surface area (Å²) < 4.78 is 0. The van der Waals surface area contributed by atoms with Crippen molar-refractivity contribution in [3.63, 3.8) is 0 Å². The average molecular weight is 193 g/mol.